The summed E-state index contributed by atoms with van der Waals surface area (Å²) in [5.74, 6) is 0.219. The van der Waals surface area contributed by atoms with Gasteiger partial charge >= 0.3 is 0 Å². The van der Waals surface area contributed by atoms with E-state index in [4.69, 9.17) is 0 Å². The van der Waals surface area contributed by atoms with Crippen LogP contribution in [0.1, 0.15) is 49.4 Å². The van der Waals surface area contributed by atoms with Crippen molar-refractivity contribution < 1.29 is 9.59 Å². The summed E-state index contributed by atoms with van der Waals surface area (Å²) in [6.45, 7) is 3.49. The fraction of sp³-hybridized carbons (Fsp3) is 0.579. The van der Waals surface area contributed by atoms with E-state index in [1.807, 2.05) is 48.2 Å². The SMILES string of the molecule is CCCCC(=O)NC1CCN(C(=O)c2ccc(N(C)C)cc2)CC1. The average molecular weight is 331 g/mol. The second kappa shape index (κ2) is 8.71. The number of benzene rings is 1. The van der Waals surface area contributed by atoms with Crippen molar-refractivity contribution in [3.63, 3.8) is 0 Å². The zero-order valence-electron chi connectivity index (χ0n) is 15.0. The van der Waals surface area contributed by atoms with E-state index in [1.54, 1.807) is 0 Å². The highest BCUT2D eigenvalue weighted by molar-refractivity contribution is 5.94. The second-order valence-electron chi connectivity index (χ2n) is 6.68. The van der Waals surface area contributed by atoms with Crippen LogP contribution in [0.4, 0.5) is 5.69 Å². The Morgan fingerprint density at radius 2 is 1.79 bits per heavy atom. The van der Waals surface area contributed by atoms with Crippen molar-refractivity contribution in [3.8, 4) is 0 Å². The van der Waals surface area contributed by atoms with Crippen molar-refractivity contribution in [1.82, 2.24) is 10.2 Å². The van der Waals surface area contributed by atoms with Gasteiger partial charge in [0.05, 0.1) is 0 Å². The van der Waals surface area contributed by atoms with E-state index in [-0.39, 0.29) is 17.9 Å². The summed E-state index contributed by atoms with van der Waals surface area (Å²) in [6.07, 6.45) is 4.24. The summed E-state index contributed by atoms with van der Waals surface area (Å²) < 4.78 is 0. The highest BCUT2D eigenvalue weighted by Gasteiger charge is 2.24. The van der Waals surface area contributed by atoms with Crippen LogP contribution < -0.4 is 10.2 Å². The number of hydrogen-bond acceptors (Lipinski definition) is 3. The zero-order valence-corrected chi connectivity index (χ0v) is 15.0. The number of rotatable bonds is 6. The maximum atomic E-state index is 12.6. The molecule has 0 radical (unpaired) electrons. The standard InChI is InChI=1S/C19H29N3O2/c1-4-5-6-18(23)20-16-11-13-22(14-12-16)19(24)15-7-9-17(10-8-15)21(2)3/h7-10,16H,4-6,11-14H2,1-3H3,(H,20,23). The average Bonchev–Trinajstić information content (AvgIpc) is 2.60. The van der Waals surface area contributed by atoms with Gasteiger partial charge in [-0.25, -0.2) is 0 Å². The molecule has 2 amide bonds. The number of nitrogens with one attached hydrogen (secondary N) is 1. The van der Waals surface area contributed by atoms with Crippen LogP contribution in [0.5, 0.6) is 0 Å². The number of amides is 2. The van der Waals surface area contributed by atoms with Gasteiger partial charge in [-0.3, -0.25) is 9.59 Å². The molecule has 132 valence electrons. The molecule has 2 rings (SSSR count). The number of carbonyl (C=O) groups excluding carboxylic acids is 2. The molecule has 0 spiro atoms. The van der Waals surface area contributed by atoms with Crippen LogP contribution in [0.15, 0.2) is 24.3 Å². The second-order valence-corrected chi connectivity index (χ2v) is 6.68. The van der Waals surface area contributed by atoms with Gasteiger partial charge in [0.25, 0.3) is 5.91 Å². The van der Waals surface area contributed by atoms with Crippen LogP contribution in [-0.2, 0) is 4.79 Å². The van der Waals surface area contributed by atoms with Crippen LogP contribution in [0.25, 0.3) is 0 Å². The normalized spacial score (nSPS) is 15.2. The van der Waals surface area contributed by atoms with Crippen LogP contribution >= 0.6 is 0 Å². The smallest absolute Gasteiger partial charge is 0.253 e. The number of hydrogen-bond donors (Lipinski definition) is 1. The first-order valence-corrected chi connectivity index (χ1v) is 8.87. The van der Waals surface area contributed by atoms with Gasteiger partial charge in [0, 0.05) is 50.9 Å². The van der Waals surface area contributed by atoms with Crippen molar-refractivity contribution >= 4 is 17.5 Å². The number of nitrogens with zero attached hydrogens (tertiary/aromatic N) is 2. The van der Waals surface area contributed by atoms with Crippen molar-refractivity contribution in [2.75, 3.05) is 32.1 Å². The molecule has 1 heterocycles. The van der Waals surface area contributed by atoms with Gasteiger partial charge in [-0.15, -0.1) is 0 Å². The van der Waals surface area contributed by atoms with Gasteiger partial charge < -0.3 is 15.1 Å². The lowest BCUT2D eigenvalue weighted by molar-refractivity contribution is -0.122. The Labute approximate surface area is 145 Å². The van der Waals surface area contributed by atoms with Gasteiger partial charge in [-0.1, -0.05) is 13.3 Å². The molecule has 0 saturated carbocycles. The van der Waals surface area contributed by atoms with Crippen LogP contribution in [0, 0.1) is 0 Å². The highest BCUT2D eigenvalue weighted by atomic mass is 16.2. The Morgan fingerprint density at radius 1 is 1.17 bits per heavy atom. The summed E-state index contributed by atoms with van der Waals surface area (Å²) in [6, 6.07) is 7.91. The van der Waals surface area contributed by atoms with E-state index < -0.39 is 0 Å². The molecule has 0 aliphatic carbocycles. The molecule has 1 aliphatic rings. The van der Waals surface area contributed by atoms with Crippen molar-refractivity contribution in [1.29, 1.82) is 0 Å². The molecule has 1 saturated heterocycles. The molecule has 1 aromatic rings. The molecule has 1 fully saturated rings. The Kier molecular flexibility index (Phi) is 6.64. The number of piperidine rings is 1. The van der Waals surface area contributed by atoms with Crippen LogP contribution in [-0.4, -0.2) is 49.9 Å². The molecule has 0 aromatic heterocycles. The first-order valence-electron chi connectivity index (χ1n) is 8.87. The first-order chi connectivity index (χ1) is 11.5. The zero-order chi connectivity index (χ0) is 17.5. The minimum atomic E-state index is 0.0797. The largest absolute Gasteiger partial charge is 0.378 e. The van der Waals surface area contributed by atoms with Crippen LogP contribution in [0.3, 0.4) is 0 Å². The van der Waals surface area contributed by atoms with E-state index in [2.05, 4.69) is 12.2 Å². The summed E-state index contributed by atoms with van der Waals surface area (Å²) in [5.41, 5.74) is 1.81. The summed E-state index contributed by atoms with van der Waals surface area (Å²) in [4.78, 5) is 28.3. The van der Waals surface area contributed by atoms with Gasteiger partial charge in [0.1, 0.15) is 0 Å². The summed E-state index contributed by atoms with van der Waals surface area (Å²) >= 11 is 0. The predicted octanol–water partition coefficient (Wildman–Crippen LogP) is 2.66. The van der Waals surface area contributed by atoms with E-state index in [9.17, 15) is 9.59 Å². The van der Waals surface area contributed by atoms with Crippen molar-refractivity contribution in [2.24, 2.45) is 0 Å². The molecule has 5 heteroatoms. The molecule has 1 aliphatic heterocycles. The molecule has 0 atom stereocenters. The van der Waals surface area contributed by atoms with E-state index in [1.165, 1.54) is 0 Å². The van der Waals surface area contributed by atoms with E-state index in [0.717, 1.165) is 36.9 Å². The molecule has 0 bridgehead atoms. The molecular formula is C19H29N3O2. The maximum absolute atomic E-state index is 12.6. The molecule has 0 unspecified atom stereocenters. The molecule has 1 N–H and O–H groups in total. The quantitative estimate of drug-likeness (QED) is 0.872. The van der Waals surface area contributed by atoms with E-state index >= 15 is 0 Å². The van der Waals surface area contributed by atoms with Crippen LogP contribution in [0.2, 0.25) is 0 Å². The number of anilines is 1. The lowest BCUT2D eigenvalue weighted by Gasteiger charge is -2.32. The van der Waals surface area contributed by atoms with Gasteiger partial charge in [0.15, 0.2) is 0 Å². The van der Waals surface area contributed by atoms with Gasteiger partial charge in [-0.05, 0) is 43.5 Å². The number of carbonyl (C=O) groups is 2. The predicted molar refractivity (Wildman–Crippen MR) is 97.4 cm³/mol. The Bertz CT molecular complexity index is 546. The Hall–Kier alpha value is -2.04. The third-order valence-corrected chi connectivity index (χ3v) is 4.54. The minimum absolute atomic E-state index is 0.0797. The Balaban J connectivity index is 1.83. The third-order valence-electron chi connectivity index (χ3n) is 4.54. The fourth-order valence-corrected chi connectivity index (χ4v) is 2.95. The molecule has 5 nitrogen and oxygen atoms in total. The van der Waals surface area contributed by atoms with Crippen molar-refractivity contribution in [3.05, 3.63) is 29.8 Å². The first kappa shape index (κ1) is 18.3. The van der Waals surface area contributed by atoms with Gasteiger partial charge in [0.2, 0.25) is 5.91 Å². The highest BCUT2D eigenvalue weighted by Crippen LogP contribution is 2.17. The van der Waals surface area contributed by atoms with Gasteiger partial charge in [-0.2, -0.15) is 0 Å². The summed E-state index contributed by atoms with van der Waals surface area (Å²) in [7, 11) is 3.97. The molecule has 24 heavy (non-hydrogen) atoms. The maximum Gasteiger partial charge on any atom is 0.253 e. The monoisotopic (exact) mass is 331 g/mol. The minimum Gasteiger partial charge on any atom is -0.378 e. The topological polar surface area (TPSA) is 52.7 Å². The Morgan fingerprint density at radius 3 is 2.33 bits per heavy atom. The van der Waals surface area contributed by atoms with Crippen molar-refractivity contribution in [2.45, 2.75) is 45.1 Å². The number of likely N-dealkylation sites (tertiary alicyclic amines) is 1. The molecule has 1 aromatic carbocycles. The molecular weight excluding hydrogens is 302 g/mol. The number of unbranched alkanes of at least 4 members (excludes halogenated alkanes) is 1. The lowest BCUT2D eigenvalue weighted by atomic mass is 10.0. The third kappa shape index (κ3) is 4.98. The summed E-state index contributed by atoms with van der Waals surface area (Å²) in [5, 5.41) is 3.09. The lowest BCUT2D eigenvalue weighted by Crippen LogP contribution is -2.46. The van der Waals surface area contributed by atoms with E-state index in [0.29, 0.717) is 19.5 Å². The fourth-order valence-electron chi connectivity index (χ4n) is 2.95.